The second-order valence-corrected chi connectivity index (χ2v) is 5.58. The highest BCUT2D eigenvalue weighted by Crippen LogP contribution is 2.26. The first-order valence-electron chi connectivity index (χ1n) is 7.97. The fourth-order valence-corrected chi connectivity index (χ4v) is 2.26. The molecule has 1 aromatic carbocycles. The molecule has 0 spiro atoms. The van der Waals surface area contributed by atoms with Crippen molar-refractivity contribution >= 4 is 12.1 Å². The highest BCUT2D eigenvalue weighted by molar-refractivity contribution is 5.75. The Hall–Kier alpha value is -2.57. The molecule has 25 heavy (non-hydrogen) atoms. The van der Waals surface area contributed by atoms with Crippen LogP contribution in [-0.4, -0.2) is 36.3 Å². The fourth-order valence-electron chi connectivity index (χ4n) is 2.26. The number of anilines is 1. The predicted molar refractivity (Wildman–Crippen MR) is 99.3 cm³/mol. The van der Waals surface area contributed by atoms with Crippen LogP contribution < -0.4 is 10.6 Å². The van der Waals surface area contributed by atoms with E-state index in [1.54, 1.807) is 37.7 Å². The normalized spacial score (nSPS) is 14.1. The van der Waals surface area contributed by atoms with Crippen LogP contribution in [0.25, 0.3) is 0 Å². The zero-order chi connectivity index (χ0) is 18.7. The van der Waals surface area contributed by atoms with Gasteiger partial charge in [0, 0.05) is 12.6 Å². The molecule has 6 heteroatoms. The lowest BCUT2D eigenvalue weighted by Crippen LogP contribution is -2.30. The first-order valence-corrected chi connectivity index (χ1v) is 7.97. The van der Waals surface area contributed by atoms with Gasteiger partial charge >= 0.3 is 0 Å². The molecule has 0 aliphatic carbocycles. The van der Waals surface area contributed by atoms with Gasteiger partial charge in [-0.15, -0.1) is 0 Å². The average molecular weight is 346 g/mol. The number of aromatic hydroxyl groups is 1. The fraction of sp³-hybridized carbons (Fsp3) is 0.316. The molecule has 2 atom stereocenters. The zero-order valence-electron chi connectivity index (χ0n) is 14.6. The summed E-state index contributed by atoms with van der Waals surface area (Å²) in [4.78, 5) is 10.5. The maximum Gasteiger partial charge on any atom is 0.211 e. The van der Waals surface area contributed by atoms with Crippen LogP contribution in [0.4, 0.5) is 5.69 Å². The van der Waals surface area contributed by atoms with E-state index >= 15 is 0 Å². The van der Waals surface area contributed by atoms with Crippen molar-refractivity contribution in [2.45, 2.75) is 25.5 Å². The molecule has 0 radical (unpaired) electrons. The Morgan fingerprint density at radius 2 is 2.20 bits per heavy atom. The number of rotatable bonds is 11. The number of amides is 1. The van der Waals surface area contributed by atoms with Crippen LogP contribution in [0.3, 0.4) is 0 Å². The molecular formula is C19H26N2O4. The van der Waals surface area contributed by atoms with Crippen molar-refractivity contribution in [3.05, 3.63) is 60.4 Å². The Morgan fingerprint density at radius 3 is 2.84 bits per heavy atom. The molecule has 0 aliphatic heterocycles. The standard InChI is InChI=1S/C19H26N2O4/c1-4-15(6-5-9-25-3)10-14(2)20-12-19(24)16-7-8-18(23)17(11-16)21-13-22/h4-9,11,13-14,19-20,23-24H,1,10,12H2,2-3H3,(H,21,22)/b9-5+,15-6+/t14-,19+/m1/s1. The van der Waals surface area contributed by atoms with E-state index in [9.17, 15) is 15.0 Å². The molecule has 1 amide bonds. The number of phenols is 1. The summed E-state index contributed by atoms with van der Waals surface area (Å²) in [5, 5.41) is 25.6. The molecule has 0 aliphatic rings. The molecule has 0 fully saturated rings. The first-order chi connectivity index (χ1) is 12.0. The number of methoxy groups -OCH3 is 1. The molecule has 0 aromatic heterocycles. The lowest BCUT2D eigenvalue weighted by molar-refractivity contribution is -0.105. The van der Waals surface area contributed by atoms with Gasteiger partial charge in [-0.3, -0.25) is 4.79 Å². The maximum atomic E-state index is 10.5. The summed E-state index contributed by atoms with van der Waals surface area (Å²) < 4.78 is 4.85. The van der Waals surface area contributed by atoms with Gasteiger partial charge in [-0.05, 0) is 42.7 Å². The van der Waals surface area contributed by atoms with Gasteiger partial charge in [-0.25, -0.2) is 0 Å². The van der Waals surface area contributed by atoms with Gasteiger partial charge in [0.2, 0.25) is 6.41 Å². The number of phenolic OH excluding ortho intramolecular Hbond substituents is 1. The van der Waals surface area contributed by atoms with Crippen molar-refractivity contribution < 1.29 is 19.7 Å². The minimum absolute atomic E-state index is 0.0470. The number of hydrogen-bond donors (Lipinski definition) is 4. The van der Waals surface area contributed by atoms with Crippen molar-refractivity contribution in [3.63, 3.8) is 0 Å². The van der Waals surface area contributed by atoms with E-state index in [1.165, 1.54) is 6.07 Å². The lowest BCUT2D eigenvalue weighted by atomic mass is 10.1. The van der Waals surface area contributed by atoms with Crippen LogP contribution in [-0.2, 0) is 9.53 Å². The van der Waals surface area contributed by atoms with Crippen LogP contribution >= 0.6 is 0 Å². The monoisotopic (exact) mass is 346 g/mol. The quantitative estimate of drug-likeness (QED) is 0.214. The molecule has 0 bridgehead atoms. The first kappa shape index (κ1) is 20.5. The summed E-state index contributed by atoms with van der Waals surface area (Å²) in [6, 6.07) is 4.73. The second-order valence-electron chi connectivity index (χ2n) is 5.58. The van der Waals surface area contributed by atoms with E-state index in [4.69, 9.17) is 4.74 Å². The van der Waals surface area contributed by atoms with E-state index < -0.39 is 6.10 Å². The van der Waals surface area contributed by atoms with Crippen LogP contribution in [0, 0.1) is 0 Å². The van der Waals surface area contributed by atoms with Crippen LogP contribution in [0.1, 0.15) is 25.0 Å². The molecule has 1 aromatic rings. The van der Waals surface area contributed by atoms with E-state index in [0.29, 0.717) is 18.5 Å². The minimum Gasteiger partial charge on any atom is -0.506 e. The summed E-state index contributed by atoms with van der Waals surface area (Å²) in [6.45, 7) is 6.14. The highest BCUT2D eigenvalue weighted by Gasteiger charge is 2.12. The summed E-state index contributed by atoms with van der Waals surface area (Å²) in [7, 11) is 1.59. The number of nitrogens with one attached hydrogen (secondary N) is 2. The van der Waals surface area contributed by atoms with Crippen LogP contribution in [0.5, 0.6) is 5.75 Å². The second kappa shape index (κ2) is 11.1. The van der Waals surface area contributed by atoms with Gasteiger partial charge in [0.15, 0.2) is 0 Å². The van der Waals surface area contributed by atoms with Gasteiger partial charge in [-0.2, -0.15) is 0 Å². The topological polar surface area (TPSA) is 90.8 Å². The number of ether oxygens (including phenoxy) is 1. The number of aliphatic hydroxyl groups is 1. The Labute approximate surface area is 148 Å². The summed E-state index contributed by atoms with van der Waals surface area (Å²) in [6.07, 6.45) is 7.55. The van der Waals surface area contributed by atoms with Gasteiger partial charge in [0.25, 0.3) is 0 Å². The molecule has 6 nitrogen and oxygen atoms in total. The van der Waals surface area contributed by atoms with Gasteiger partial charge < -0.3 is 25.6 Å². The molecular weight excluding hydrogens is 320 g/mol. The summed E-state index contributed by atoms with van der Waals surface area (Å²) in [5.41, 5.74) is 1.91. The molecule has 0 heterocycles. The number of benzene rings is 1. The third-order valence-electron chi connectivity index (χ3n) is 3.61. The molecule has 136 valence electrons. The van der Waals surface area contributed by atoms with Crippen molar-refractivity contribution in [2.24, 2.45) is 0 Å². The van der Waals surface area contributed by atoms with E-state index in [0.717, 1.165) is 12.0 Å². The SMILES string of the molecule is C=C/C(=C\C=C\OC)C[C@@H](C)NC[C@H](O)c1ccc(O)c(NC=O)c1. The molecule has 4 N–H and O–H groups in total. The lowest BCUT2D eigenvalue weighted by Gasteiger charge is -2.18. The summed E-state index contributed by atoms with van der Waals surface area (Å²) >= 11 is 0. The van der Waals surface area contributed by atoms with Crippen LogP contribution in [0.2, 0.25) is 0 Å². The number of allylic oxidation sites excluding steroid dienone is 3. The van der Waals surface area contributed by atoms with E-state index in [2.05, 4.69) is 17.2 Å². The molecule has 0 unspecified atom stereocenters. The third-order valence-corrected chi connectivity index (χ3v) is 3.61. The predicted octanol–water partition coefficient (Wildman–Crippen LogP) is 2.63. The van der Waals surface area contributed by atoms with Crippen molar-refractivity contribution in [2.75, 3.05) is 19.0 Å². The average Bonchev–Trinajstić information content (AvgIpc) is 2.61. The van der Waals surface area contributed by atoms with Gasteiger partial charge in [0.1, 0.15) is 5.75 Å². The van der Waals surface area contributed by atoms with Crippen LogP contribution in [0.15, 0.2) is 54.8 Å². The third kappa shape index (κ3) is 7.24. The maximum absolute atomic E-state index is 10.5. The largest absolute Gasteiger partial charge is 0.506 e. The molecule has 1 rings (SSSR count). The number of carbonyl (C=O) groups is 1. The Bertz CT molecular complexity index is 626. The van der Waals surface area contributed by atoms with Crippen molar-refractivity contribution in [1.82, 2.24) is 5.32 Å². The number of aliphatic hydroxyl groups excluding tert-OH is 1. The van der Waals surface area contributed by atoms with E-state index in [-0.39, 0.29) is 17.5 Å². The molecule has 0 saturated heterocycles. The number of hydrogen-bond acceptors (Lipinski definition) is 5. The van der Waals surface area contributed by atoms with Gasteiger partial charge in [-0.1, -0.05) is 24.8 Å². The minimum atomic E-state index is -0.764. The smallest absolute Gasteiger partial charge is 0.211 e. The Morgan fingerprint density at radius 1 is 1.44 bits per heavy atom. The summed E-state index contributed by atoms with van der Waals surface area (Å²) in [5.74, 6) is -0.0470. The molecule has 0 saturated carbocycles. The van der Waals surface area contributed by atoms with Crippen molar-refractivity contribution in [1.29, 1.82) is 0 Å². The zero-order valence-corrected chi connectivity index (χ0v) is 14.6. The van der Waals surface area contributed by atoms with Gasteiger partial charge in [0.05, 0.1) is 25.2 Å². The highest BCUT2D eigenvalue weighted by atomic mass is 16.5. The Balaban J connectivity index is 2.60. The van der Waals surface area contributed by atoms with E-state index in [1.807, 2.05) is 13.0 Å². The Kier molecular flexibility index (Phi) is 9.06. The number of carbonyl (C=O) groups excluding carboxylic acids is 1. The van der Waals surface area contributed by atoms with Crippen molar-refractivity contribution in [3.8, 4) is 5.75 Å².